The molecular weight excluding hydrogens is 480 g/mol. The molecule has 2 aromatic carbocycles. The van der Waals surface area contributed by atoms with Gasteiger partial charge in [0.05, 0.1) is 11.1 Å². The van der Waals surface area contributed by atoms with Gasteiger partial charge < -0.3 is 23.7 Å². The largest absolute Gasteiger partial charge is 0.458 e. The van der Waals surface area contributed by atoms with Crippen molar-refractivity contribution in [2.45, 2.75) is 39.9 Å². The van der Waals surface area contributed by atoms with Gasteiger partial charge in [0.1, 0.15) is 36.9 Å². The molecule has 0 amide bonds. The van der Waals surface area contributed by atoms with Crippen LogP contribution in [0.1, 0.15) is 48.4 Å². The third-order valence-corrected chi connectivity index (χ3v) is 4.63. The molecule has 9 nitrogen and oxygen atoms in total. The van der Waals surface area contributed by atoms with Gasteiger partial charge in [0.25, 0.3) is 0 Å². The predicted octanol–water partition coefficient (Wildman–Crippen LogP) is 4.81. The molecule has 0 bridgehead atoms. The minimum Gasteiger partial charge on any atom is -0.458 e. The monoisotopic (exact) mass is 510 g/mol. The summed E-state index contributed by atoms with van der Waals surface area (Å²) < 4.78 is 26.2. The molecule has 0 aliphatic heterocycles. The van der Waals surface area contributed by atoms with E-state index in [1.165, 1.54) is 38.1 Å². The van der Waals surface area contributed by atoms with Crippen LogP contribution in [-0.4, -0.2) is 49.3 Å². The minimum absolute atomic E-state index is 0.0798. The molecule has 37 heavy (non-hydrogen) atoms. The SMILES string of the molecule is C=C(C)C(=O)OCC(C)OC(=O)c1ccc(Oc2ccc(C(=O)OC(C)COC(=O)C(=C)C)cc2)cc1. The van der Waals surface area contributed by atoms with Crippen molar-refractivity contribution in [1.29, 1.82) is 0 Å². The second-order valence-electron chi connectivity index (χ2n) is 8.34. The summed E-state index contributed by atoms with van der Waals surface area (Å²) >= 11 is 0. The van der Waals surface area contributed by atoms with E-state index in [-0.39, 0.29) is 24.4 Å². The highest BCUT2D eigenvalue weighted by atomic mass is 16.6. The summed E-state index contributed by atoms with van der Waals surface area (Å²) in [5.41, 5.74) is 1.12. The van der Waals surface area contributed by atoms with Gasteiger partial charge in [-0.15, -0.1) is 0 Å². The van der Waals surface area contributed by atoms with Crippen LogP contribution in [0.2, 0.25) is 0 Å². The maximum absolute atomic E-state index is 12.3. The van der Waals surface area contributed by atoms with Crippen LogP contribution in [0.25, 0.3) is 0 Å². The molecule has 0 aliphatic rings. The molecule has 2 rings (SSSR count). The quantitative estimate of drug-likeness (QED) is 0.225. The van der Waals surface area contributed by atoms with Crippen molar-refractivity contribution >= 4 is 23.9 Å². The predicted molar refractivity (Wildman–Crippen MR) is 134 cm³/mol. The van der Waals surface area contributed by atoms with Gasteiger partial charge in [0, 0.05) is 11.1 Å². The number of rotatable bonds is 12. The molecule has 0 saturated heterocycles. The second kappa shape index (κ2) is 13.6. The van der Waals surface area contributed by atoms with Gasteiger partial charge in [-0.05, 0) is 76.2 Å². The van der Waals surface area contributed by atoms with E-state index in [0.29, 0.717) is 22.6 Å². The molecule has 0 fully saturated rings. The molecule has 0 aromatic heterocycles. The normalized spacial score (nSPS) is 11.9. The molecule has 0 heterocycles. The van der Waals surface area contributed by atoms with Crippen molar-refractivity contribution in [3.8, 4) is 11.5 Å². The van der Waals surface area contributed by atoms with E-state index >= 15 is 0 Å². The first-order valence-corrected chi connectivity index (χ1v) is 11.4. The van der Waals surface area contributed by atoms with Gasteiger partial charge in [-0.3, -0.25) is 0 Å². The van der Waals surface area contributed by atoms with E-state index in [4.69, 9.17) is 23.7 Å². The maximum atomic E-state index is 12.3. The Morgan fingerprint density at radius 3 is 1.27 bits per heavy atom. The number of carbonyl (C=O) groups is 4. The van der Waals surface area contributed by atoms with Crippen LogP contribution in [-0.2, 0) is 28.5 Å². The third kappa shape index (κ3) is 9.64. The Labute approximate surface area is 215 Å². The number of benzene rings is 2. The molecule has 0 aliphatic carbocycles. The Morgan fingerprint density at radius 1 is 0.649 bits per heavy atom. The average molecular weight is 511 g/mol. The van der Waals surface area contributed by atoms with E-state index in [1.54, 1.807) is 38.1 Å². The summed E-state index contributed by atoms with van der Waals surface area (Å²) in [6.07, 6.45) is -1.27. The van der Waals surface area contributed by atoms with Crippen molar-refractivity contribution in [3.05, 3.63) is 84.0 Å². The van der Waals surface area contributed by atoms with Gasteiger partial charge in [-0.2, -0.15) is 0 Å². The number of hydrogen-bond acceptors (Lipinski definition) is 9. The van der Waals surface area contributed by atoms with Crippen molar-refractivity contribution in [2.75, 3.05) is 13.2 Å². The molecule has 2 atom stereocenters. The van der Waals surface area contributed by atoms with Crippen molar-refractivity contribution in [2.24, 2.45) is 0 Å². The third-order valence-electron chi connectivity index (χ3n) is 4.63. The molecule has 2 unspecified atom stereocenters. The molecule has 2 aromatic rings. The average Bonchev–Trinajstić information content (AvgIpc) is 2.86. The first kappa shape index (κ1) is 28.8. The van der Waals surface area contributed by atoms with Gasteiger partial charge in [0.15, 0.2) is 0 Å². The molecule has 9 heteroatoms. The van der Waals surface area contributed by atoms with Crippen molar-refractivity contribution < 1.29 is 42.9 Å². The first-order chi connectivity index (χ1) is 17.5. The highest BCUT2D eigenvalue weighted by Gasteiger charge is 2.16. The highest BCUT2D eigenvalue weighted by Crippen LogP contribution is 2.23. The Bertz CT molecular complexity index is 1060. The molecule has 0 radical (unpaired) electrons. The summed E-state index contributed by atoms with van der Waals surface area (Å²) in [7, 11) is 0. The lowest BCUT2D eigenvalue weighted by molar-refractivity contribution is -0.142. The van der Waals surface area contributed by atoms with Crippen LogP contribution in [0.3, 0.4) is 0 Å². The Hall–Kier alpha value is -4.40. The number of esters is 4. The van der Waals surface area contributed by atoms with Crippen molar-refractivity contribution in [1.82, 2.24) is 0 Å². The topological polar surface area (TPSA) is 114 Å². The molecule has 0 saturated carbocycles. The molecule has 0 N–H and O–H groups in total. The first-order valence-electron chi connectivity index (χ1n) is 11.4. The van der Waals surface area contributed by atoms with Crippen LogP contribution in [0.5, 0.6) is 11.5 Å². The zero-order valence-electron chi connectivity index (χ0n) is 21.3. The highest BCUT2D eigenvalue weighted by molar-refractivity contribution is 5.90. The van der Waals surface area contributed by atoms with E-state index in [2.05, 4.69) is 13.2 Å². The lowest BCUT2D eigenvalue weighted by atomic mass is 10.2. The van der Waals surface area contributed by atoms with Crippen LogP contribution in [0, 0.1) is 0 Å². The van der Waals surface area contributed by atoms with Crippen molar-refractivity contribution in [3.63, 3.8) is 0 Å². The fourth-order valence-corrected chi connectivity index (χ4v) is 2.66. The van der Waals surface area contributed by atoms with Crippen LogP contribution < -0.4 is 4.74 Å². The molecule has 196 valence electrons. The molecule has 0 spiro atoms. The summed E-state index contributed by atoms with van der Waals surface area (Å²) in [5, 5.41) is 0. The number of carbonyl (C=O) groups excluding carboxylic acids is 4. The second-order valence-corrected chi connectivity index (χ2v) is 8.34. The number of hydrogen-bond donors (Lipinski definition) is 0. The Balaban J connectivity index is 1.85. The van der Waals surface area contributed by atoms with Gasteiger partial charge >= 0.3 is 23.9 Å². The maximum Gasteiger partial charge on any atom is 0.338 e. The summed E-state index contributed by atoms with van der Waals surface area (Å²) in [6.45, 7) is 13.1. The van der Waals surface area contributed by atoms with Gasteiger partial charge in [-0.1, -0.05) is 13.2 Å². The standard InChI is InChI=1S/C28H30O9/c1-17(2)25(29)33-15-19(5)35-27(31)21-7-11-23(12-8-21)37-24-13-9-22(10-14-24)28(32)36-20(6)16-34-26(30)18(3)4/h7-14,19-20H,1,3,15-16H2,2,4-6H3. The van der Waals surface area contributed by atoms with Crippen LogP contribution in [0.15, 0.2) is 72.8 Å². The zero-order chi connectivity index (χ0) is 27.5. The van der Waals surface area contributed by atoms with Crippen LogP contribution >= 0.6 is 0 Å². The summed E-state index contributed by atoms with van der Waals surface area (Å²) in [4.78, 5) is 47.4. The minimum atomic E-state index is -0.633. The van der Waals surface area contributed by atoms with Gasteiger partial charge in [0.2, 0.25) is 0 Å². The van der Waals surface area contributed by atoms with Crippen LogP contribution in [0.4, 0.5) is 0 Å². The van der Waals surface area contributed by atoms with E-state index < -0.39 is 36.1 Å². The smallest absolute Gasteiger partial charge is 0.338 e. The fraction of sp³-hybridized carbons (Fsp3) is 0.286. The van der Waals surface area contributed by atoms with E-state index in [9.17, 15) is 19.2 Å². The zero-order valence-corrected chi connectivity index (χ0v) is 21.3. The number of ether oxygens (including phenoxy) is 5. The Kier molecular flexibility index (Phi) is 10.6. The Morgan fingerprint density at radius 2 is 0.973 bits per heavy atom. The van der Waals surface area contributed by atoms with E-state index in [1.807, 2.05) is 0 Å². The summed E-state index contributed by atoms with van der Waals surface area (Å²) in [6, 6.07) is 12.5. The summed E-state index contributed by atoms with van der Waals surface area (Å²) in [5.74, 6) is -1.32. The van der Waals surface area contributed by atoms with E-state index in [0.717, 1.165) is 0 Å². The lowest BCUT2D eigenvalue weighted by Gasteiger charge is -2.14. The van der Waals surface area contributed by atoms with Gasteiger partial charge in [-0.25, -0.2) is 19.2 Å². The lowest BCUT2D eigenvalue weighted by Crippen LogP contribution is -2.22. The molecular formula is C28H30O9. The fourth-order valence-electron chi connectivity index (χ4n) is 2.66.